The quantitative estimate of drug-likeness (QED) is 0.260. The molecule has 0 bridgehead atoms. The Morgan fingerprint density at radius 2 is 1.77 bits per heavy atom. The molecule has 14 nitrogen and oxygen atoms in total. The van der Waals surface area contributed by atoms with Gasteiger partial charge in [0.2, 0.25) is 17.7 Å². The highest BCUT2D eigenvalue weighted by Crippen LogP contribution is 2.36. The lowest BCUT2D eigenvalue weighted by molar-refractivity contribution is -0.143. The van der Waals surface area contributed by atoms with Crippen LogP contribution in [0.15, 0.2) is 54.0 Å². The van der Waals surface area contributed by atoms with Crippen LogP contribution in [-0.4, -0.2) is 118 Å². The summed E-state index contributed by atoms with van der Waals surface area (Å²) in [6, 6.07) is 9.78. The highest BCUT2D eigenvalue weighted by molar-refractivity contribution is 6.05. The van der Waals surface area contributed by atoms with Crippen molar-refractivity contribution in [1.82, 2.24) is 30.2 Å². The number of hydrogen-bond donors (Lipinski definition) is 5. The highest BCUT2D eigenvalue weighted by Gasteiger charge is 2.44. The molecule has 4 amide bonds. The fraction of sp³-hybridized carbons (Fsp3) is 0.512. The van der Waals surface area contributed by atoms with Gasteiger partial charge in [-0.2, -0.15) is 0 Å². The molecule has 0 saturated carbocycles. The maximum absolute atomic E-state index is 14.2. The number of anilines is 1. The van der Waals surface area contributed by atoms with Crippen LogP contribution >= 0.6 is 0 Å². The summed E-state index contributed by atoms with van der Waals surface area (Å²) in [6.45, 7) is 10.1. The molecular weight excluding hydrogens is 718 g/mol. The molecule has 4 fully saturated rings. The fourth-order valence-electron chi connectivity index (χ4n) is 9.90. The number of aromatic hydroxyl groups is 1. The molecule has 298 valence electrons. The number of piperidine rings is 2. The van der Waals surface area contributed by atoms with E-state index in [1.54, 1.807) is 17.0 Å². The molecule has 5 atom stereocenters. The molecule has 5 unspecified atom stereocenters. The van der Waals surface area contributed by atoms with Crippen LogP contribution in [0.1, 0.15) is 67.4 Å². The van der Waals surface area contributed by atoms with E-state index in [1.807, 2.05) is 12.1 Å². The van der Waals surface area contributed by atoms with Gasteiger partial charge in [-0.1, -0.05) is 12.1 Å². The zero-order valence-corrected chi connectivity index (χ0v) is 32.0. The fourth-order valence-corrected chi connectivity index (χ4v) is 9.90. The third-order valence-corrected chi connectivity index (χ3v) is 12.7. The number of fused-ring (bicyclic) bond motifs is 2. The van der Waals surface area contributed by atoms with Gasteiger partial charge in [0.25, 0.3) is 5.91 Å². The van der Waals surface area contributed by atoms with Crippen molar-refractivity contribution in [2.45, 2.75) is 76.7 Å². The monoisotopic (exact) mass is 769 g/mol. The lowest BCUT2D eigenvalue weighted by Crippen LogP contribution is -2.60. The average Bonchev–Trinajstić information content (AvgIpc) is 3.75. The minimum Gasteiger partial charge on any atom is -0.504 e. The summed E-state index contributed by atoms with van der Waals surface area (Å²) in [7, 11) is 0. The summed E-state index contributed by atoms with van der Waals surface area (Å²) in [5, 5.41) is 15.9. The molecule has 0 spiro atoms. The first kappa shape index (κ1) is 37.6. The second-order valence-corrected chi connectivity index (χ2v) is 16.5. The van der Waals surface area contributed by atoms with Crippen molar-refractivity contribution < 1.29 is 28.7 Å². The molecule has 6 heterocycles. The van der Waals surface area contributed by atoms with Gasteiger partial charge < -0.3 is 41.5 Å². The number of allylic oxidation sites excluding steroid dienone is 1. The van der Waals surface area contributed by atoms with Gasteiger partial charge in [0.05, 0.1) is 11.6 Å². The Kier molecular flexibility index (Phi) is 10.1. The largest absolute Gasteiger partial charge is 0.504 e. The van der Waals surface area contributed by atoms with Crippen molar-refractivity contribution in [3.63, 3.8) is 0 Å². The summed E-state index contributed by atoms with van der Waals surface area (Å²) < 4.78 is 14.1. The van der Waals surface area contributed by atoms with Crippen LogP contribution in [0.5, 0.6) is 5.75 Å². The molecule has 0 aliphatic carbocycles. The summed E-state index contributed by atoms with van der Waals surface area (Å²) >= 11 is 0. The van der Waals surface area contributed by atoms with Crippen LogP contribution in [-0.2, 0) is 20.9 Å². The van der Waals surface area contributed by atoms with Gasteiger partial charge >= 0.3 is 0 Å². The molecule has 2 aromatic rings. The van der Waals surface area contributed by atoms with Gasteiger partial charge in [-0.3, -0.25) is 29.4 Å². The first-order valence-electron chi connectivity index (χ1n) is 19.9. The second-order valence-electron chi connectivity index (χ2n) is 16.5. The van der Waals surface area contributed by atoms with Gasteiger partial charge in [-0.25, -0.2) is 4.39 Å². The van der Waals surface area contributed by atoms with E-state index in [1.165, 1.54) is 12.1 Å². The zero-order chi connectivity index (χ0) is 39.4. The molecule has 56 heavy (non-hydrogen) atoms. The topological polar surface area (TPSA) is 181 Å². The number of amides is 4. The third kappa shape index (κ3) is 7.01. The Morgan fingerprint density at radius 3 is 2.50 bits per heavy atom. The minimum absolute atomic E-state index is 0.0407. The van der Waals surface area contributed by atoms with E-state index < -0.39 is 23.5 Å². The van der Waals surface area contributed by atoms with E-state index in [0.717, 1.165) is 56.8 Å². The van der Waals surface area contributed by atoms with Crippen molar-refractivity contribution in [3.05, 3.63) is 76.5 Å². The van der Waals surface area contributed by atoms with Gasteiger partial charge in [0.15, 0.2) is 11.6 Å². The average molecular weight is 770 g/mol. The first-order valence-corrected chi connectivity index (χ1v) is 19.9. The minimum atomic E-state index is -0.754. The van der Waals surface area contributed by atoms with Crippen LogP contribution in [0.25, 0.3) is 5.70 Å². The van der Waals surface area contributed by atoms with Crippen molar-refractivity contribution in [3.8, 4) is 5.75 Å². The number of benzene rings is 2. The Hall–Kier alpha value is -5.31. The summed E-state index contributed by atoms with van der Waals surface area (Å²) in [6.07, 6.45) is 4.97. The Labute approximate surface area is 326 Å². The van der Waals surface area contributed by atoms with Gasteiger partial charge in [-0.15, -0.1) is 0 Å². The van der Waals surface area contributed by atoms with Gasteiger partial charge in [0.1, 0.15) is 11.9 Å². The molecule has 0 radical (unpaired) electrons. The SMILES string of the molecule is CC1CN(CC2CCN(c3ccc4c(c3)C(=O)N(C3CCC(=O)NC3=O)C4)CC2)CC(C)N1C(=O)C1CC2CNC(N)=C(/C=C(\N)c3cccc(F)c3O)N2C1. The summed E-state index contributed by atoms with van der Waals surface area (Å²) in [5.41, 5.74) is 16.3. The van der Waals surface area contributed by atoms with Crippen LogP contribution in [0.2, 0.25) is 0 Å². The number of carbonyl (C=O) groups excluding carboxylic acids is 4. The lowest BCUT2D eigenvalue weighted by Gasteiger charge is -2.47. The highest BCUT2D eigenvalue weighted by atomic mass is 19.1. The molecule has 7 N–H and O–H groups in total. The first-order chi connectivity index (χ1) is 26.9. The predicted molar refractivity (Wildman–Crippen MR) is 208 cm³/mol. The van der Waals surface area contributed by atoms with E-state index in [-0.39, 0.29) is 59.4 Å². The van der Waals surface area contributed by atoms with Crippen LogP contribution in [0.3, 0.4) is 0 Å². The number of imide groups is 1. The number of piperazine rings is 1. The Balaban J connectivity index is 0.841. The standard InChI is InChI=1S/C41H52FN9O5/c1-23-18-47(20-25-10-12-48(13-11-25)28-7-6-26-21-50(41(56)31(26)15-28)34-8-9-36(52)46-39(34)54)19-24(2)51(23)40(55)27-14-29-17-45-38(44)35(49(29)22-27)16-33(43)30-4-3-5-32(42)37(30)53/h3-7,15-16,23-25,27,29,34,45,53H,8-14,17-22,43-44H2,1-2H3,(H,46,52,54)/b33-16-. The number of phenolic OH excluding ortho intramolecular Hbond substituents is 1. The van der Waals surface area contributed by atoms with E-state index in [9.17, 15) is 28.7 Å². The van der Waals surface area contributed by atoms with E-state index in [0.29, 0.717) is 55.5 Å². The molecule has 4 saturated heterocycles. The van der Waals surface area contributed by atoms with E-state index in [2.05, 4.69) is 50.1 Å². The van der Waals surface area contributed by atoms with Crippen LogP contribution in [0, 0.1) is 17.7 Å². The summed E-state index contributed by atoms with van der Waals surface area (Å²) in [4.78, 5) is 62.3. The van der Waals surface area contributed by atoms with Crippen molar-refractivity contribution in [2.24, 2.45) is 23.3 Å². The second kappa shape index (κ2) is 15.0. The summed E-state index contributed by atoms with van der Waals surface area (Å²) in [5.74, 6) is -1.22. The van der Waals surface area contributed by atoms with Crippen molar-refractivity contribution >= 4 is 35.0 Å². The number of hydrogen-bond acceptors (Lipinski definition) is 11. The number of nitrogens with zero attached hydrogens (tertiary/aromatic N) is 5. The van der Waals surface area contributed by atoms with Crippen molar-refractivity contribution in [1.29, 1.82) is 0 Å². The number of para-hydroxylation sites is 1. The third-order valence-electron chi connectivity index (χ3n) is 12.7. The number of halogens is 1. The number of rotatable bonds is 7. The maximum Gasteiger partial charge on any atom is 0.255 e. The van der Waals surface area contributed by atoms with E-state index in [4.69, 9.17) is 11.5 Å². The van der Waals surface area contributed by atoms with Gasteiger partial charge in [0, 0.05) is 99.4 Å². The molecule has 15 heteroatoms. The molecular formula is C41H52FN9O5. The number of nitrogens with one attached hydrogen (secondary N) is 2. The number of carbonyl (C=O) groups is 4. The zero-order valence-electron chi connectivity index (χ0n) is 32.0. The van der Waals surface area contributed by atoms with Crippen molar-refractivity contribution in [2.75, 3.05) is 50.7 Å². The normalized spacial score (nSPS) is 27.7. The Bertz CT molecular complexity index is 1980. The molecule has 6 aliphatic rings. The number of nitrogens with two attached hydrogens (primary N) is 2. The molecule has 0 aromatic heterocycles. The van der Waals surface area contributed by atoms with E-state index >= 15 is 0 Å². The van der Waals surface area contributed by atoms with Crippen LogP contribution < -0.4 is 27.0 Å². The molecule has 6 aliphatic heterocycles. The number of phenols is 1. The van der Waals surface area contributed by atoms with Gasteiger partial charge in [-0.05, 0) is 81.4 Å². The Morgan fingerprint density at radius 1 is 1.02 bits per heavy atom. The van der Waals surface area contributed by atoms with Crippen LogP contribution in [0.4, 0.5) is 10.1 Å². The predicted octanol–water partition coefficient (Wildman–Crippen LogP) is 1.85. The molecule has 2 aromatic carbocycles. The molecule has 8 rings (SSSR count). The lowest BCUT2D eigenvalue weighted by atomic mass is 9.94. The smallest absolute Gasteiger partial charge is 0.255 e. The maximum atomic E-state index is 14.2.